The third-order valence-corrected chi connectivity index (χ3v) is 2.46. The van der Waals surface area contributed by atoms with Crippen molar-refractivity contribution in [1.29, 1.82) is 0 Å². The Kier molecular flexibility index (Phi) is 2.11. The Hall–Kier alpha value is -2.30. The lowest BCUT2D eigenvalue weighted by molar-refractivity contribution is 0.621. The number of H-pyrrole nitrogens is 1. The van der Waals surface area contributed by atoms with Gasteiger partial charge < -0.3 is 4.98 Å². The molecule has 0 unspecified atom stereocenters. The third kappa shape index (κ3) is 1.75. The van der Waals surface area contributed by atoms with E-state index in [0.717, 1.165) is 11.2 Å². The van der Waals surface area contributed by atoms with E-state index in [1.807, 2.05) is 19.1 Å². The van der Waals surface area contributed by atoms with E-state index < -0.39 is 0 Å². The van der Waals surface area contributed by atoms with Gasteiger partial charge in [-0.1, -0.05) is 0 Å². The molecule has 0 amide bonds. The quantitative estimate of drug-likeness (QED) is 0.696. The maximum Gasteiger partial charge on any atom is 0.178 e. The van der Waals surface area contributed by atoms with Crippen LogP contribution in [0.5, 0.6) is 0 Å². The van der Waals surface area contributed by atoms with E-state index in [2.05, 4.69) is 19.9 Å². The first-order valence-corrected chi connectivity index (χ1v) is 5.18. The molecule has 3 heterocycles. The van der Waals surface area contributed by atoms with Crippen LogP contribution in [0.3, 0.4) is 0 Å². The van der Waals surface area contributed by atoms with Crippen LogP contribution in [-0.2, 0) is 0 Å². The summed E-state index contributed by atoms with van der Waals surface area (Å²) in [5.74, 6) is 0.233. The number of hydrogen-bond donors (Lipinski definition) is 1. The van der Waals surface area contributed by atoms with Crippen LogP contribution in [0.25, 0.3) is 22.7 Å². The lowest BCUT2D eigenvalue weighted by atomic mass is 10.3. The van der Waals surface area contributed by atoms with Crippen molar-refractivity contribution in [2.75, 3.05) is 0 Å². The van der Waals surface area contributed by atoms with Crippen LogP contribution in [0.1, 0.15) is 5.69 Å². The van der Waals surface area contributed by atoms with Crippen LogP contribution in [0.4, 0.5) is 4.39 Å². The number of aromatic nitrogens is 4. The second-order valence-electron chi connectivity index (χ2n) is 3.77. The molecule has 17 heavy (non-hydrogen) atoms. The summed E-state index contributed by atoms with van der Waals surface area (Å²) in [6, 6.07) is 6.76. The summed E-state index contributed by atoms with van der Waals surface area (Å²) in [6.45, 7) is 1.91. The molecule has 1 N–H and O–H groups in total. The summed E-state index contributed by atoms with van der Waals surface area (Å²) in [4.78, 5) is 15.7. The van der Waals surface area contributed by atoms with Crippen LogP contribution in [-0.4, -0.2) is 19.9 Å². The maximum absolute atomic E-state index is 12.8. The van der Waals surface area contributed by atoms with E-state index in [9.17, 15) is 4.39 Å². The zero-order chi connectivity index (χ0) is 11.8. The predicted octanol–water partition coefficient (Wildman–Crippen LogP) is 2.47. The van der Waals surface area contributed by atoms with Gasteiger partial charge in [-0.3, -0.25) is 0 Å². The topological polar surface area (TPSA) is 54.5 Å². The summed E-state index contributed by atoms with van der Waals surface area (Å²) < 4.78 is 12.8. The Morgan fingerprint density at radius 2 is 2.00 bits per heavy atom. The van der Waals surface area contributed by atoms with Gasteiger partial charge >= 0.3 is 0 Å². The molecule has 0 radical (unpaired) electrons. The molecule has 0 saturated carbocycles. The molecule has 84 valence electrons. The molecule has 0 aliphatic rings. The fourth-order valence-corrected chi connectivity index (χ4v) is 1.62. The van der Waals surface area contributed by atoms with Gasteiger partial charge in [0.05, 0.1) is 11.7 Å². The molecular formula is C12H9FN4. The molecule has 0 bridgehead atoms. The minimum atomic E-state index is -0.362. The number of aromatic amines is 1. The highest BCUT2D eigenvalue weighted by molar-refractivity contribution is 5.75. The smallest absolute Gasteiger partial charge is 0.178 e. The van der Waals surface area contributed by atoms with Crippen molar-refractivity contribution in [2.45, 2.75) is 6.92 Å². The minimum Gasteiger partial charge on any atom is -0.335 e. The summed E-state index contributed by atoms with van der Waals surface area (Å²) in [7, 11) is 0. The molecule has 3 aromatic heterocycles. The Bertz CT molecular complexity index is 673. The standard InChI is InChI=1S/C12H9FN4/c1-7-2-4-10-12(15-7)17-11(16-10)9-5-3-8(13)6-14-9/h2-6H,1H3,(H,15,16,17). The van der Waals surface area contributed by atoms with E-state index in [1.165, 1.54) is 12.3 Å². The second kappa shape index (κ2) is 3.62. The Balaban J connectivity index is 2.14. The molecular weight excluding hydrogens is 219 g/mol. The van der Waals surface area contributed by atoms with Gasteiger partial charge in [-0.25, -0.2) is 19.3 Å². The molecule has 0 aliphatic heterocycles. The molecule has 0 fully saturated rings. The number of nitrogens with zero attached hydrogens (tertiary/aromatic N) is 3. The van der Waals surface area contributed by atoms with Crippen molar-refractivity contribution >= 4 is 11.2 Å². The van der Waals surface area contributed by atoms with Crippen molar-refractivity contribution in [1.82, 2.24) is 19.9 Å². The first kappa shape index (κ1) is 9.89. The van der Waals surface area contributed by atoms with Gasteiger partial charge in [-0.05, 0) is 31.2 Å². The number of hydrogen-bond acceptors (Lipinski definition) is 3. The molecule has 5 heteroatoms. The zero-order valence-corrected chi connectivity index (χ0v) is 9.11. The first-order valence-electron chi connectivity index (χ1n) is 5.18. The average Bonchev–Trinajstić information content (AvgIpc) is 2.72. The highest BCUT2D eigenvalue weighted by Gasteiger charge is 2.07. The normalized spacial score (nSPS) is 10.9. The Morgan fingerprint density at radius 1 is 1.12 bits per heavy atom. The number of pyridine rings is 2. The summed E-state index contributed by atoms with van der Waals surface area (Å²) in [5, 5.41) is 0. The fourth-order valence-electron chi connectivity index (χ4n) is 1.62. The second-order valence-corrected chi connectivity index (χ2v) is 3.77. The number of nitrogens with one attached hydrogen (secondary N) is 1. The van der Waals surface area contributed by atoms with E-state index in [0.29, 0.717) is 17.2 Å². The van der Waals surface area contributed by atoms with Crippen LogP contribution in [0, 0.1) is 12.7 Å². The van der Waals surface area contributed by atoms with Gasteiger partial charge in [0.15, 0.2) is 11.5 Å². The Morgan fingerprint density at radius 3 is 2.76 bits per heavy atom. The van der Waals surface area contributed by atoms with E-state index in [4.69, 9.17) is 0 Å². The Labute approximate surface area is 96.6 Å². The highest BCUT2D eigenvalue weighted by atomic mass is 19.1. The molecule has 3 aromatic rings. The molecule has 4 nitrogen and oxygen atoms in total. The van der Waals surface area contributed by atoms with Gasteiger partial charge in [-0.2, -0.15) is 0 Å². The van der Waals surface area contributed by atoms with Crippen LogP contribution in [0.15, 0.2) is 30.5 Å². The van der Waals surface area contributed by atoms with Gasteiger partial charge in [0, 0.05) is 5.69 Å². The van der Waals surface area contributed by atoms with Crippen molar-refractivity contribution in [3.8, 4) is 11.5 Å². The third-order valence-electron chi connectivity index (χ3n) is 2.46. The predicted molar refractivity (Wildman–Crippen MR) is 61.8 cm³/mol. The van der Waals surface area contributed by atoms with Crippen molar-refractivity contribution in [2.24, 2.45) is 0 Å². The molecule has 0 aliphatic carbocycles. The molecule has 0 atom stereocenters. The van der Waals surface area contributed by atoms with Crippen molar-refractivity contribution in [3.05, 3.63) is 42.0 Å². The zero-order valence-electron chi connectivity index (χ0n) is 9.11. The van der Waals surface area contributed by atoms with Gasteiger partial charge in [0.25, 0.3) is 0 Å². The molecule has 0 spiro atoms. The highest BCUT2D eigenvalue weighted by Crippen LogP contribution is 2.17. The summed E-state index contributed by atoms with van der Waals surface area (Å²) >= 11 is 0. The van der Waals surface area contributed by atoms with Crippen LogP contribution in [0.2, 0.25) is 0 Å². The maximum atomic E-state index is 12.8. The fraction of sp³-hybridized carbons (Fsp3) is 0.0833. The number of imidazole rings is 1. The van der Waals surface area contributed by atoms with Crippen LogP contribution >= 0.6 is 0 Å². The number of fused-ring (bicyclic) bond motifs is 1. The number of halogens is 1. The van der Waals surface area contributed by atoms with Crippen molar-refractivity contribution in [3.63, 3.8) is 0 Å². The molecule has 0 aromatic carbocycles. The molecule has 0 saturated heterocycles. The number of rotatable bonds is 1. The van der Waals surface area contributed by atoms with E-state index in [1.54, 1.807) is 6.07 Å². The average molecular weight is 228 g/mol. The largest absolute Gasteiger partial charge is 0.335 e. The summed E-state index contributed by atoms with van der Waals surface area (Å²) in [6.07, 6.45) is 1.17. The van der Waals surface area contributed by atoms with Gasteiger partial charge in [0.2, 0.25) is 0 Å². The summed E-state index contributed by atoms with van der Waals surface area (Å²) in [5.41, 5.74) is 2.99. The van der Waals surface area contributed by atoms with Gasteiger partial charge in [0.1, 0.15) is 11.5 Å². The number of aryl methyl sites for hydroxylation is 1. The lowest BCUT2D eigenvalue weighted by Crippen LogP contribution is -1.86. The van der Waals surface area contributed by atoms with Crippen LogP contribution < -0.4 is 0 Å². The minimum absolute atomic E-state index is 0.362. The lowest BCUT2D eigenvalue weighted by Gasteiger charge is -1.93. The SMILES string of the molecule is Cc1ccc2[nH]c(-c3ccc(F)cn3)nc2n1. The first-order chi connectivity index (χ1) is 8.22. The monoisotopic (exact) mass is 228 g/mol. The van der Waals surface area contributed by atoms with Gasteiger partial charge in [-0.15, -0.1) is 0 Å². The van der Waals surface area contributed by atoms with E-state index in [-0.39, 0.29) is 5.82 Å². The van der Waals surface area contributed by atoms with Crippen molar-refractivity contribution < 1.29 is 4.39 Å². The molecule has 3 rings (SSSR count). The van der Waals surface area contributed by atoms with E-state index >= 15 is 0 Å².